The lowest BCUT2D eigenvalue weighted by Gasteiger charge is -2.28. The van der Waals surface area contributed by atoms with Gasteiger partial charge in [0.15, 0.2) is 16.3 Å². The first-order valence-corrected chi connectivity index (χ1v) is 4.96. The van der Waals surface area contributed by atoms with Crippen LogP contribution in [-0.4, -0.2) is 27.6 Å². The van der Waals surface area contributed by atoms with Crippen molar-refractivity contribution in [3.63, 3.8) is 0 Å². The lowest BCUT2D eigenvalue weighted by molar-refractivity contribution is -0.229. The van der Waals surface area contributed by atoms with Crippen LogP contribution >= 0.6 is 15.9 Å². The fraction of sp³-hybridized carbons (Fsp3) is 0.250. The Balaban J connectivity index is 3.10. The van der Waals surface area contributed by atoms with Crippen molar-refractivity contribution in [2.24, 2.45) is 0 Å². The van der Waals surface area contributed by atoms with E-state index in [2.05, 4.69) is 15.9 Å². The van der Waals surface area contributed by atoms with Crippen LogP contribution < -0.4 is 0 Å². The Hall–Kier alpha value is -0.0175. The zero-order valence-corrected chi connectivity index (χ0v) is 9.59. The summed E-state index contributed by atoms with van der Waals surface area (Å²) in [6.45, 7) is 0. The predicted octanol–water partition coefficient (Wildman–Crippen LogP) is 2.33. The highest BCUT2D eigenvalue weighted by Crippen LogP contribution is 2.36. The van der Waals surface area contributed by atoms with Gasteiger partial charge in [-0.1, -0.05) is 28.1 Å². The van der Waals surface area contributed by atoms with Gasteiger partial charge in [-0.05, 0) is 17.7 Å². The molecule has 0 aliphatic heterocycles. The second kappa shape index (κ2) is 3.86. The van der Waals surface area contributed by atoms with Crippen LogP contribution in [-0.2, 0) is 4.46 Å². The highest BCUT2D eigenvalue weighted by Gasteiger charge is 2.48. The molecule has 1 aromatic rings. The molecule has 1 rings (SSSR count). The van der Waals surface area contributed by atoms with Crippen LogP contribution in [0.3, 0.4) is 0 Å². The summed E-state index contributed by atoms with van der Waals surface area (Å²) in [5.41, 5.74) is -0.210. The molecule has 0 amide bonds. The predicted molar refractivity (Wildman–Crippen MR) is 49.8 cm³/mol. The van der Waals surface area contributed by atoms with Crippen molar-refractivity contribution >= 4 is 32.2 Å². The summed E-state index contributed by atoms with van der Waals surface area (Å²) in [5, 5.41) is 9.24. The van der Waals surface area contributed by atoms with E-state index in [9.17, 15) is 18.3 Å². The zero-order valence-electron chi connectivity index (χ0n) is 6.85. The van der Waals surface area contributed by atoms with E-state index < -0.39 is 10.6 Å². The van der Waals surface area contributed by atoms with Gasteiger partial charge in [0.05, 0.1) is 0 Å². The topological polar surface area (TPSA) is 20.2 Å². The van der Waals surface area contributed by atoms with Gasteiger partial charge in [0.2, 0.25) is 0 Å². The first-order chi connectivity index (χ1) is 6.25. The Morgan fingerprint density at radius 2 is 1.57 bits per heavy atom. The summed E-state index contributed by atoms with van der Waals surface area (Å²) in [6, 6.07) is 5.31. The van der Waals surface area contributed by atoms with Crippen LogP contribution in [0, 0.1) is 0 Å². The van der Waals surface area contributed by atoms with Gasteiger partial charge in [0, 0.05) is 4.47 Å². The molecule has 0 spiro atoms. The highest BCUT2D eigenvalue weighted by atomic mass is 79.9. The Labute approximate surface area is 95.5 Å². The number of benzene rings is 1. The first-order valence-electron chi connectivity index (χ1n) is 3.59. The van der Waals surface area contributed by atoms with Gasteiger partial charge in [-0.15, -0.1) is 0 Å². The molecule has 14 heavy (non-hydrogen) atoms. The minimum atomic E-state index is -4.70. The summed E-state index contributed by atoms with van der Waals surface area (Å²) in [4.78, 5) is 0. The maximum absolute atomic E-state index is 12.3. The van der Waals surface area contributed by atoms with Crippen LogP contribution in [0.2, 0.25) is 0 Å². The molecule has 0 aliphatic rings. The van der Waals surface area contributed by atoms with Crippen molar-refractivity contribution in [3.05, 3.63) is 34.3 Å². The minimum absolute atomic E-state index is 0.210. The standard InChI is InChI=1S/C8H5BrF3O.Al/c9-6-3-1-5(2-4-6)7(13)8(10,11)12;/h1-4,13H;. The van der Waals surface area contributed by atoms with Crippen molar-refractivity contribution in [2.45, 2.75) is 10.6 Å². The van der Waals surface area contributed by atoms with Crippen molar-refractivity contribution in [3.8, 4) is 0 Å². The summed E-state index contributed by atoms with van der Waals surface area (Å²) in [7, 11) is 0. The molecule has 1 unspecified atom stereocenters. The highest BCUT2D eigenvalue weighted by molar-refractivity contribution is 9.10. The monoisotopic (exact) mass is 280 g/mol. The summed E-state index contributed by atoms with van der Waals surface area (Å²) in [6.07, 6.45) is -4.70. The SMILES string of the molecule is O[C]([Al])(c1ccc(Br)cc1)C(F)(F)F. The molecule has 0 saturated carbocycles. The summed E-state index contributed by atoms with van der Waals surface area (Å²) in [5.74, 6) is 0. The summed E-state index contributed by atoms with van der Waals surface area (Å²) < 4.78 is 34.8. The summed E-state index contributed by atoms with van der Waals surface area (Å²) >= 11 is 4.50. The van der Waals surface area contributed by atoms with Crippen LogP contribution in [0.5, 0.6) is 0 Å². The molecule has 0 fully saturated rings. The van der Waals surface area contributed by atoms with Gasteiger partial charge >= 0.3 is 6.18 Å². The van der Waals surface area contributed by atoms with Crippen LogP contribution in [0.1, 0.15) is 5.56 Å². The van der Waals surface area contributed by atoms with Crippen LogP contribution in [0.15, 0.2) is 28.7 Å². The molecule has 74 valence electrons. The van der Waals surface area contributed by atoms with Gasteiger partial charge in [0.25, 0.3) is 0 Å². The Morgan fingerprint density at radius 1 is 1.14 bits per heavy atom. The molecule has 1 atom stereocenters. The Kier molecular flexibility index (Phi) is 3.32. The van der Waals surface area contributed by atoms with E-state index in [1.807, 2.05) is 0 Å². The molecule has 0 aliphatic carbocycles. The van der Waals surface area contributed by atoms with Crippen molar-refractivity contribution in [2.75, 3.05) is 0 Å². The van der Waals surface area contributed by atoms with E-state index in [4.69, 9.17) is 0 Å². The maximum Gasteiger partial charge on any atom is 0.405 e. The fourth-order valence-corrected chi connectivity index (χ4v) is 1.32. The third-order valence-corrected chi connectivity index (χ3v) is 2.91. The van der Waals surface area contributed by atoms with Crippen LogP contribution in [0.25, 0.3) is 0 Å². The van der Waals surface area contributed by atoms with E-state index in [1.54, 1.807) is 0 Å². The maximum atomic E-state index is 12.3. The van der Waals surface area contributed by atoms with Crippen molar-refractivity contribution in [1.29, 1.82) is 0 Å². The average molecular weight is 281 g/mol. The number of hydrogen-bond acceptors (Lipinski definition) is 1. The van der Waals surface area contributed by atoms with Crippen LogP contribution in [0.4, 0.5) is 13.2 Å². The lowest BCUT2D eigenvalue weighted by atomic mass is 10.1. The number of aliphatic hydroxyl groups is 1. The molecule has 2 radical (unpaired) electrons. The molecule has 0 aromatic heterocycles. The van der Waals surface area contributed by atoms with Gasteiger partial charge in [-0.25, -0.2) is 0 Å². The van der Waals surface area contributed by atoms with E-state index in [-0.39, 0.29) is 5.56 Å². The van der Waals surface area contributed by atoms with Gasteiger partial charge in [0.1, 0.15) is 4.46 Å². The van der Waals surface area contributed by atoms with Gasteiger partial charge in [-0.2, -0.15) is 13.2 Å². The average Bonchev–Trinajstić information content (AvgIpc) is 2.03. The quantitative estimate of drug-likeness (QED) is 0.783. The lowest BCUT2D eigenvalue weighted by Crippen LogP contribution is -2.42. The molecule has 1 aromatic carbocycles. The third kappa shape index (κ3) is 2.32. The molecule has 0 saturated heterocycles. The fourth-order valence-electron chi connectivity index (χ4n) is 0.868. The van der Waals surface area contributed by atoms with Crippen molar-refractivity contribution in [1.82, 2.24) is 0 Å². The second-order valence-electron chi connectivity index (χ2n) is 2.77. The molecule has 1 N–H and O–H groups in total. The minimum Gasteiger partial charge on any atom is -0.394 e. The molecule has 6 heteroatoms. The smallest absolute Gasteiger partial charge is 0.394 e. The van der Waals surface area contributed by atoms with E-state index in [1.165, 1.54) is 40.6 Å². The van der Waals surface area contributed by atoms with Crippen molar-refractivity contribution < 1.29 is 18.3 Å². The largest absolute Gasteiger partial charge is 0.405 e. The molecule has 1 nitrogen and oxygen atoms in total. The molecular weight excluding hydrogens is 276 g/mol. The number of halogens is 4. The Bertz CT molecular complexity index is 320. The molecular formula is C8H5AlBrF3O. The molecule has 0 heterocycles. The Morgan fingerprint density at radius 3 is 1.93 bits per heavy atom. The second-order valence-corrected chi connectivity index (χ2v) is 4.52. The number of hydrogen-bond donors (Lipinski definition) is 1. The third-order valence-electron chi connectivity index (χ3n) is 1.72. The number of rotatable bonds is 1. The molecule has 0 bridgehead atoms. The van der Waals surface area contributed by atoms with E-state index >= 15 is 0 Å². The first kappa shape index (κ1) is 12.1. The normalized spacial score (nSPS) is 16.4. The van der Waals surface area contributed by atoms with Gasteiger partial charge < -0.3 is 5.11 Å². The zero-order chi connectivity index (χ0) is 11.0. The number of alkyl halides is 3. The van der Waals surface area contributed by atoms with E-state index in [0.717, 1.165) is 0 Å². The van der Waals surface area contributed by atoms with Gasteiger partial charge in [-0.3, -0.25) is 0 Å². The van der Waals surface area contributed by atoms with E-state index in [0.29, 0.717) is 4.47 Å².